The number of carbonyl (C=O) groups excluding carboxylic acids is 2. The summed E-state index contributed by atoms with van der Waals surface area (Å²) in [6.45, 7) is 5.98. The number of hydrogen-bond donors (Lipinski definition) is 0. The number of fused-ring (bicyclic) bond motifs is 1. The van der Waals surface area contributed by atoms with Crippen LogP contribution in [0.1, 0.15) is 51.3 Å². The van der Waals surface area contributed by atoms with Crippen LogP contribution in [0.5, 0.6) is 0 Å². The van der Waals surface area contributed by atoms with Gasteiger partial charge in [-0.15, -0.1) is 11.3 Å². The van der Waals surface area contributed by atoms with E-state index in [-0.39, 0.29) is 24.4 Å². The highest BCUT2D eigenvalue weighted by Gasteiger charge is 2.35. The second-order valence-corrected chi connectivity index (χ2v) is 10.6. The predicted molar refractivity (Wildman–Crippen MR) is 146 cm³/mol. The van der Waals surface area contributed by atoms with E-state index < -0.39 is 0 Å². The summed E-state index contributed by atoms with van der Waals surface area (Å²) < 4.78 is 5.48. The fraction of sp³-hybridized carbons (Fsp3) is 0.357. The lowest BCUT2D eigenvalue weighted by Crippen LogP contribution is -2.47. The molecule has 1 unspecified atom stereocenters. The fourth-order valence-electron chi connectivity index (χ4n) is 4.64. The zero-order valence-electron chi connectivity index (χ0n) is 20.5. The van der Waals surface area contributed by atoms with Gasteiger partial charge in [0.05, 0.1) is 6.04 Å². The molecule has 1 aliphatic rings. The minimum absolute atomic E-state index is 0.0134. The quantitative estimate of drug-likeness (QED) is 0.292. The fourth-order valence-corrected chi connectivity index (χ4v) is 6.05. The lowest BCUT2D eigenvalue weighted by molar-refractivity contribution is -0.134. The summed E-state index contributed by atoms with van der Waals surface area (Å²) in [4.78, 5) is 32.1. The molecule has 0 saturated carbocycles. The second kappa shape index (κ2) is 12.2. The number of amides is 2. The first-order chi connectivity index (χ1) is 17.4. The summed E-state index contributed by atoms with van der Waals surface area (Å²) in [5.41, 5.74) is 3.41. The van der Waals surface area contributed by atoms with Crippen molar-refractivity contribution in [3.05, 3.63) is 91.1 Å². The maximum absolute atomic E-state index is 13.8. The van der Waals surface area contributed by atoms with Gasteiger partial charge in [0.1, 0.15) is 6.54 Å². The summed E-state index contributed by atoms with van der Waals surface area (Å²) in [6.07, 6.45) is 1.43. The van der Waals surface area contributed by atoms with E-state index in [0.29, 0.717) is 48.3 Å². The number of benzene rings is 2. The maximum Gasteiger partial charge on any atom is 0.254 e. The summed E-state index contributed by atoms with van der Waals surface area (Å²) in [6, 6.07) is 14.6. The normalized spacial score (nSPS) is 15.0. The minimum atomic E-state index is -0.323. The van der Waals surface area contributed by atoms with Gasteiger partial charge in [-0.05, 0) is 73.0 Å². The molecule has 3 aromatic rings. The lowest BCUT2D eigenvalue weighted by Gasteiger charge is -2.38. The van der Waals surface area contributed by atoms with Crippen molar-refractivity contribution in [3.63, 3.8) is 0 Å². The Labute approximate surface area is 226 Å². The molecule has 190 valence electrons. The number of ether oxygens (including phenoxy) is 1. The van der Waals surface area contributed by atoms with Gasteiger partial charge < -0.3 is 14.5 Å². The molecule has 0 spiro atoms. The van der Waals surface area contributed by atoms with Crippen molar-refractivity contribution < 1.29 is 14.3 Å². The molecule has 4 rings (SSSR count). The van der Waals surface area contributed by atoms with Crippen LogP contribution in [0.2, 0.25) is 10.0 Å². The number of nitrogens with zero attached hydrogens (tertiary/aromatic N) is 2. The van der Waals surface area contributed by atoms with Crippen LogP contribution in [0.15, 0.2) is 53.9 Å². The highest BCUT2D eigenvalue weighted by Crippen LogP contribution is 2.41. The van der Waals surface area contributed by atoms with Crippen LogP contribution in [-0.4, -0.2) is 54.5 Å². The van der Waals surface area contributed by atoms with Gasteiger partial charge in [-0.2, -0.15) is 0 Å². The van der Waals surface area contributed by atoms with Crippen molar-refractivity contribution in [1.82, 2.24) is 9.80 Å². The van der Waals surface area contributed by atoms with Crippen molar-refractivity contribution >= 4 is 46.4 Å². The molecule has 0 saturated heterocycles. The Morgan fingerprint density at radius 2 is 1.94 bits per heavy atom. The molecule has 5 nitrogen and oxygen atoms in total. The predicted octanol–water partition coefficient (Wildman–Crippen LogP) is 6.41. The zero-order chi connectivity index (χ0) is 25.7. The Bertz CT molecular complexity index is 1230. The molecular formula is C28H30Cl2N2O3S. The third-order valence-corrected chi connectivity index (χ3v) is 8.01. The van der Waals surface area contributed by atoms with E-state index in [1.165, 1.54) is 4.88 Å². The average Bonchev–Trinajstić information content (AvgIpc) is 3.34. The van der Waals surface area contributed by atoms with E-state index in [9.17, 15) is 9.59 Å². The van der Waals surface area contributed by atoms with Crippen molar-refractivity contribution in [2.45, 2.75) is 32.7 Å². The standard InChI is InChI=1S/C28H30Cl2N2O3S/c1-3-35-15-6-13-31(28(34)21-8-5-4-7-19(21)2)18-26(33)32-14-11-25-23(12-16-36-25)27(32)22-10-9-20(29)17-24(22)30/h4-5,7-10,12,16-17,27H,3,6,11,13-15,18H2,1-2H3. The zero-order valence-corrected chi connectivity index (χ0v) is 22.8. The van der Waals surface area contributed by atoms with Crippen molar-refractivity contribution in [3.8, 4) is 0 Å². The number of thiophene rings is 1. The van der Waals surface area contributed by atoms with Gasteiger partial charge >= 0.3 is 0 Å². The molecule has 2 heterocycles. The van der Waals surface area contributed by atoms with E-state index in [1.54, 1.807) is 28.4 Å². The number of hydrogen-bond acceptors (Lipinski definition) is 4. The first-order valence-corrected chi connectivity index (χ1v) is 13.8. The van der Waals surface area contributed by atoms with Gasteiger partial charge in [0.25, 0.3) is 5.91 Å². The molecule has 8 heteroatoms. The highest BCUT2D eigenvalue weighted by atomic mass is 35.5. The minimum Gasteiger partial charge on any atom is -0.382 e. The van der Waals surface area contributed by atoms with Crippen LogP contribution in [0.4, 0.5) is 0 Å². The van der Waals surface area contributed by atoms with Crippen LogP contribution in [-0.2, 0) is 16.0 Å². The highest BCUT2D eigenvalue weighted by molar-refractivity contribution is 7.10. The molecule has 1 atom stereocenters. The molecule has 1 aromatic heterocycles. The van der Waals surface area contributed by atoms with E-state index in [4.69, 9.17) is 27.9 Å². The topological polar surface area (TPSA) is 49.9 Å². The van der Waals surface area contributed by atoms with Crippen LogP contribution in [0.3, 0.4) is 0 Å². The molecule has 0 fully saturated rings. The van der Waals surface area contributed by atoms with Crippen LogP contribution in [0, 0.1) is 6.92 Å². The average molecular weight is 546 g/mol. The van der Waals surface area contributed by atoms with Crippen molar-refractivity contribution in [2.75, 3.05) is 32.8 Å². The molecule has 0 aliphatic carbocycles. The van der Waals surface area contributed by atoms with Gasteiger partial charge in [0.15, 0.2) is 0 Å². The Morgan fingerprint density at radius 3 is 2.69 bits per heavy atom. The van der Waals surface area contributed by atoms with E-state index in [0.717, 1.165) is 23.1 Å². The number of halogens is 2. The summed E-state index contributed by atoms with van der Waals surface area (Å²) in [7, 11) is 0. The van der Waals surface area contributed by atoms with Gasteiger partial charge in [-0.25, -0.2) is 0 Å². The molecule has 0 N–H and O–H groups in total. The van der Waals surface area contributed by atoms with Crippen LogP contribution in [0.25, 0.3) is 0 Å². The molecule has 2 aromatic carbocycles. The molecule has 0 radical (unpaired) electrons. The summed E-state index contributed by atoms with van der Waals surface area (Å²) in [5.74, 6) is -0.256. The molecule has 0 bridgehead atoms. The third kappa shape index (κ3) is 5.94. The summed E-state index contributed by atoms with van der Waals surface area (Å²) >= 11 is 14.5. The van der Waals surface area contributed by atoms with Gasteiger partial charge in [0.2, 0.25) is 5.91 Å². The van der Waals surface area contributed by atoms with Crippen LogP contribution >= 0.6 is 34.5 Å². The molecular weight excluding hydrogens is 515 g/mol. The summed E-state index contributed by atoms with van der Waals surface area (Å²) in [5, 5.41) is 3.12. The molecule has 2 amide bonds. The molecule has 36 heavy (non-hydrogen) atoms. The maximum atomic E-state index is 13.8. The van der Waals surface area contributed by atoms with Gasteiger partial charge in [-0.1, -0.05) is 47.5 Å². The Hall–Kier alpha value is -2.38. The second-order valence-electron chi connectivity index (χ2n) is 8.80. The smallest absolute Gasteiger partial charge is 0.254 e. The van der Waals surface area contributed by atoms with Crippen LogP contribution < -0.4 is 0 Å². The lowest BCUT2D eigenvalue weighted by atomic mass is 9.93. The Balaban J connectivity index is 1.62. The van der Waals surface area contributed by atoms with Gasteiger partial charge in [0, 0.05) is 46.8 Å². The Kier molecular flexibility index (Phi) is 9.07. The molecule has 1 aliphatic heterocycles. The number of rotatable bonds is 9. The van der Waals surface area contributed by atoms with E-state index in [1.807, 2.05) is 49.1 Å². The number of aryl methyl sites for hydroxylation is 1. The first-order valence-electron chi connectivity index (χ1n) is 12.1. The van der Waals surface area contributed by atoms with Crippen molar-refractivity contribution in [2.24, 2.45) is 0 Å². The third-order valence-electron chi connectivity index (χ3n) is 6.45. The van der Waals surface area contributed by atoms with Gasteiger partial charge in [-0.3, -0.25) is 9.59 Å². The SMILES string of the molecule is CCOCCCN(CC(=O)N1CCc2sccc2C1c1ccc(Cl)cc1Cl)C(=O)c1ccccc1C. The van der Waals surface area contributed by atoms with E-state index >= 15 is 0 Å². The largest absolute Gasteiger partial charge is 0.382 e. The Morgan fingerprint density at radius 1 is 1.14 bits per heavy atom. The first kappa shape index (κ1) is 26.7. The number of carbonyl (C=O) groups is 2. The van der Waals surface area contributed by atoms with E-state index in [2.05, 4.69) is 11.4 Å². The monoisotopic (exact) mass is 544 g/mol. The van der Waals surface area contributed by atoms with Crippen molar-refractivity contribution in [1.29, 1.82) is 0 Å².